The van der Waals surface area contributed by atoms with Crippen LogP contribution >= 0.6 is 15.9 Å². The molecule has 0 saturated heterocycles. The van der Waals surface area contributed by atoms with E-state index >= 15 is 0 Å². The average molecular weight is 294 g/mol. The minimum atomic E-state index is 0.851. The second-order valence-electron chi connectivity index (χ2n) is 4.14. The molecule has 2 rings (SSSR count). The highest BCUT2D eigenvalue weighted by Gasteiger charge is 2.04. The van der Waals surface area contributed by atoms with Gasteiger partial charge in [0, 0.05) is 28.8 Å². The van der Waals surface area contributed by atoms with Crippen LogP contribution in [0.1, 0.15) is 22.5 Å². The Kier molecular flexibility index (Phi) is 3.97. The molecule has 0 aliphatic rings. The zero-order chi connectivity index (χ0) is 12.3. The molecule has 3 nitrogen and oxygen atoms in total. The van der Waals surface area contributed by atoms with Gasteiger partial charge in [-0.05, 0) is 31.5 Å². The highest BCUT2D eigenvalue weighted by molar-refractivity contribution is 9.10. The van der Waals surface area contributed by atoms with Gasteiger partial charge in [-0.3, -0.25) is 5.10 Å². The summed E-state index contributed by atoms with van der Waals surface area (Å²) in [6, 6.07) is 8.36. The summed E-state index contributed by atoms with van der Waals surface area (Å²) in [5.74, 6) is 0. The molecule has 2 N–H and O–H groups in total. The number of aryl methyl sites for hydroxylation is 2. The van der Waals surface area contributed by atoms with Crippen LogP contribution < -0.4 is 5.32 Å². The van der Waals surface area contributed by atoms with Crippen LogP contribution in [0.15, 0.2) is 28.7 Å². The van der Waals surface area contributed by atoms with Crippen molar-refractivity contribution >= 4 is 15.9 Å². The zero-order valence-corrected chi connectivity index (χ0v) is 11.6. The van der Waals surface area contributed by atoms with Crippen molar-refractivity contribution in [3.8, 4) is 0 Å². The fourth-order valence-electron chi connectivity index (χ4n) is 1.77. The first kappa shape index (κ1) is 12.3. The van der Waals surface area contributed by atoms with Gasteiger partial charge < -0.3 is 5.32 Å². The number of hydrogen-bond acceptors (Lipinski definition) is 2. The molecular formula is C13H16BrN3. The number of H-pyrrole nitrogens is 1. The summed E-state index contributed by atoms with van der Waals surface area (Å²) in [6.07, 6.45) is 0. The van der Waals surface area contributed by atoms with E-state index in [4.69, 9.17) is 0 Å². The summed E-state index contributed by atoms with van der Waals surface area (Å²) in [7, 11) is 0. The molecule has 2 aromatic rings. The van der Waals surface area contributed by atoms with E-state index in [1.807, 2.05) is 6.92 Å². The predicted molar refractivity (Wildman–Crippen MR) is 72.7 cm³/mol. The number of aromatic nitrogens is 2. The summed E-state index contributed by atoms with van der Waals surface area (Å²) in [6.45, 7) is 5.80. The van der Waals surface area contributed by atoms with Crippen molar-refractivity contribution in [1.82, 2.24) is 15.5 Å². The molecule has 0 aliphatic heterocycles. The van der Waals surface area contributed by atoms with Crippen molar-refractivity contribution in [3.63, 3.8) is 0 Å². The van der Waals surface area contributed by atoms with Crippen LogP contribution in [0.4, 0.5) is 0 Å². The quantitative estimate of drug-likeness (QED) is 0.910. The van der Waals surface area contributed by atoms with Gasteiger partial charge in [0.2, 0.25) is 0 Å². The number of nitrogens with zero attached hydrogens (tertiary/aromatic N) is 1. The maximum absolute atomic E-state index is 4.18. The molecule has 0 aliphatic carbocycles. The smallest absolute Gasteiger partial charge is 0.0638 e. The Morgan fingerprint density at radius 2 is 1.88 bits per heavy atom. The lowest BCUT2D eigenvalue weighted by atomic mass is 10.2. The Balaban J connectivity index is 1.90. The van der Waals surface area contributed by atoms with Crippen molar-refractivity contribution < 1.29 is 0 Å². The molecular weight excluding hydrogens is 278 g/mol. The molecule has 0 saturated carbocycles. The Labute approximate surface area is 110 Å². The number of hydrogen-bond donors (Lipinski definition) is 2. The Hall–Kier alpha value is -1.13. The number of halogens is 1. The maximum atomic E-state index is 4.18. The van der Waals surface area contributed by atoms with Crippen molar-refractivity contribution in [2.45, 2.75) is 26.9 Å². The Bertz CT molecular complexity index is 468. The Morgan fingerprint density at radius 3 is 2.47 bits per heavy atom. The summed E-state index contributed by atoms with van der Waals surface area (Å²) < 4.78 is 1.11. The molecule has 90 valence electrons. The second kappa shape index (κ2) is 5.47. The van der Waals surface area contributed by atoms with Crippen molar-refractivity contribution in [2.24, 2.45) is 0 Å². The Morgan fingerprint density at radius 1 is 1.18 bits per heavy atom. The molecule has 0 fully saturated rings. The molecule has 0 radical (unpaired) electrons. The lowest BCUT2D eigenvalue weighted by molar-refractivity contribution is 0.688. The van der Waals surface area contributed by atoms with Crippen LogP contribution in [-0.4, -0.2) is 10.2 Å². The van der Waals surface area contributed by atoms with Gasteiger partial charge in [-0.25, -0.2) is 0 Å². The molecule has 1 aromatic carbocycles. The monoisotopic (exact) mass is 293 g/mol. The van der Waals surface area contributed by atoms with Crippen LogP contribution in [0.2, 0.25) is 0 Å². The fraction of sp³-hybridized carbons (Fsp3) is 0.308. The first-order chi connectivity index (χ1) is 8.16. The lowest BCUT2D eigenvalue weighted by Crippen LogP contribution is -2.13. The summed E-state index contributed by atoms with van der Waals surface area (Å²) >= 11 is 3.43. The molecule has 0 spiro atoms. The molecule has 0 unspecified atom stereocenters. The van der Waals surface area contributed by atoms with Crippen LogP contribution in [0.5, 0.6) is 0 Å². The molecule has 0 bridgehead atoms. The maximum Gasteiger partial charge on any atom is 0.0638 e. The first-order valence-corrected chi connectivity index (χ1v) is 6.41. The number of benzene rings is 1. The number of aromatic amines is 1. The molecule has 4 heteroatoms. The minimum Gasteiger partial charge on any atom is -0.308 e. The average Bonchev–Trinajstić information content (AvgIpc) is 2.63. The van der Waals surface area contributed by atoms with Gasteiger partial charge in [-0.1, -0.05) is 28.1 Å². The zero-order valence-electron chi connectivity index (χ0n) is 10.0. The summed E-state index contributed by atoms with van der Waals surface area (Å²) in [4.78, 5) is 0. The highest BCUT2D eigenvalue weighted by Crippen LogP contribution is 2.11. The second-order valence-corrected chi connectivity index (χ2v) is 5.06. The molecule has 1 heterocycles. The third-order valence-electron chi connectivity index (χ3n) is 2.82. The van der Waals surface area contributed by atoms with Gasteiger partial charge >= 0.3 is 0 Å². The van der Waals surface area contributed by atoms with E-state index in [-0.39, 0.29) is 0 Å². The molecule has 17 heavy (non-hydrogen) atoms. The van der Waals surface area contributed by atoms with Crippen molar-refractivity contribution in [1.29, 1.82) is 0 Å². The molecule has 1 aromatic heterocycles. The topological polar surface area (TPSA) is 40.7 Å². The van der Waals surface area contributed by atoms with Crippen LogP contribution in [0.3, 0.4) is 0 Å². The highest BCUT2D eigenvalue weighted by atomic mass is 79.9. The van der Waals surface area contributed by atoms with E-state index in [1.165, 1.54) is 11.1 Å². The van der Waals surface area contributed by atoms with Gasteiger partial charge in [0.15, 0.2) is 0 Å². The van der Waals surface area contributed by atoms with Gasteiger partial charge in [0.05, 0.1) is 5.69 Å². The van der Waals surface area contributed by atoms with Gasteiger partial charge in [0.1, 0.15) is 0 Å². The van der Waals surface area contributed by atoms with E-state index in [1.54, 1.807) is 0 Å². The summed E-state index contributed by atoms with van der Waals surface area (Å²) in [5.41, 5.74) is 4.77. The van der Waals surface area contributed by atoms with Crippen LogP contribution in [-0.2, 0) is 13.1 Å². The molecule has 0 amide bonds. The van der Waals surface area contributed by atoms with Crippen LogP contribution in [0, 0.1) is 13.8 Å². The van der Waals surface area contributed by atoms with Crippen molar-refractivity contribution in [3.05, 3.63) is 51.3 Å². The van der Waals surface area contributed by atoms with Gasteiger partial charge in [-0.2, -0.15) is 5.10 Å². The molecule has 0 atom stereocenters. The standard InChI is InChI=1S/C13H16BrN3/c1-9-13(10(2)17-16-9)8-15-7-11-3-5-12(14)6-4-11/h3-6,15H,7-8H2,1-2H3,(H,16,17). The number of rotatable bonds is 4. The van der Waals surface area contributed by atoms with Crippen LogP contribution in [0.25, 0.3) is 0 Å². The van der Waals surface area contributed by atoms with Gasteiger partial charge in [0.25, 0.3) is 0 Å². The van der Waals surface area contributed by atoms with Crippen molar-refractivity contribution in [2.75, 3.05) is 0 Å². The van der Waals surface area contributed by atoms with E-state index in [9.17, 15) is 0 Å². The minimum absolute atomic E-state index is 0.851. The predicted octanol–water partition coefficient (Wildman–Crippen LogP) is 3.08. The largest absolute Gasteiger partial charge is 0.308 e. The van der Waals surface area contributed by atoms with E-state index in [2.05, 4.69) is 62.6 Å². The third-order valence-corrected chi connectivity index (χ3v) is 3.35. The third kappa shape index (κ3) is 3.17. The SMILES string of the molecule is Cc1n[nH]c(C)c1CNCc1ccc(Br)cc1. The first-order valence-electron chi connectivity index (χ1n) is 5.62. The van der Waals surface area contributed by atoms with E-state index in [0.29, 0.717) is 0 Å². The fourth-order valence-corrected chi connectivity index (χ4v) is 2.03. The number of nitrogens with one attached hydrogen (secondary N) is 2. The van der Waals surface area contributed by atoms with E-state index in [0.717, 1.165) is 29.0 Å². The lowest BCUT2D eigenvalue weighted by Gasteiger charge is -2.05. The normalized spacial score (nSPS) is 10.8. The van der Waals surface area contributed by atoms with E-state index < -0.39 is 0 Å². The van der Waals surface area contributed by atoms with Gasteiger partial charge in [-0.15, -0.1) is 0 Å². The summed E-state index contributed by atoms with van der Waals surface area (Å²) in [5, 5.41) is 10.6.